The highest BCUT2D eigenvalue weighted by atomic mass is 16.2. The van der Waals surface area contributed by atoms with Gasteiger partial charge in [-0.1, -0.05) is 24.3 Å². The first-order valence-electron chi connectivity index (χ1n) is 12.9. The zero-order valence-corrected chi connectivity index (χ0v) is 21.4. The summed E-state index contributed by atoms with van der Waals surface area (Å²) in [6.45, 7) is 11.6. The molecule has 3 aromatic rings. The second-order valence-corrected chi connectivity index (χ2v) is 10.2. The number of aromatic amines is 1. The number of hydrogen-bond acceptors (Lipinski definition) is 4. The average Bonchev–Trinajstić information content (AvgIpc) is 3.83. The third kappa shape index (κ3) is 5.14. The summed E-state index contributed by atoms with van der Waals surface area (Å²) in [5, 5.41) is 17.7. The van der Waals surface area contributed by atoms with Gasteiger partial charge >= 0.3 is 0 Å². The van der Waals surface area contributed by atoms with Crippen LogP contribution < -0.4 is 10.6 Å². The number of aryl methyl sites for hydroxylation is 2. The van der Waals surface area contributed by atoms with E-state index in [9.17, 15) is 9.59 Å². The van der Waals surface area contributed by atoms with Gasteiger partial charge in [-0.3, -0.25) is 14.7 Å². The van der Waals surface area contributed by atoms with Gasteiger partial charge in [0.2, 0.25) is 5.91 Å². The molecule has 8 heteroatoms. The quantitative estimate of drug-likeness (QED) is 0.324. The molecule has 2 heterocycles. The normalized spacial score (nSPS) is 16.0. The maximum absolute atomic E-state index is 13.7. The van der Waals surface area contributed by atoms with E-state index in [4.69, 9.17) is 0 Å². The van der Waals surface area contributed by atoms with Crippen molar-refractivity contribution in [3.63, 3.8) is 0 Å². The van der Waals surface area contributed by atoms with Crippen molar-refractivity contribution in [1.29, 1.82) is 0 Å². The molecule has 0 saturated heterocycles. The van der Waals surface area contributed by atoms with Crippen LogP contribution in [0.2, 0.25) is 0 Å². The molecule has 2 amide bonds. The SMILES string of the molecule is C=CC(C=C)n1nccc1C(=O)N[C@H](C(=O)Nc1ccc(-c2c(C)n[nH]c2C)cc1)C(C1CC1)C1CC1. The summed E-state index contributed by atoms with van der Waals surface area (Å²) in [6.07, 6.45) is 9.34. The van der Waals surface area contributed by atoms with Crippen LogP contribution in [0.4, 0.5) is 5.69 Å². The molecule has 8 nitrogen and oxygen atoms in total. The highest BCUT2D eigenvalue weighted by Crippen LogP contribution is 2.51. The van der Waals surface area contributed by atoms with E-state index in [1.54, 1.807) is 29.1 Å². The minimum atomic E-state index is -0.625. The van der Waals surface area contributed by atoms with Crippen molar-refractivity contribution in [1.82, 2.24) is 25.3 Å². The van der Waals surface area contributed by atoms with Gasteiger partial charge in [0, 0.05) is 23.1 Å². The van der Waals surface area contributed by atoms with Gasteiger partial charge in [-0.15, -0.1) is 13.2 Å². The number of aromatic nitrogens is 4. The minimum absolute atomic E-state index is 0.130. The van der Waals surface area contributed by atoms with Crippen LogP contribution in [0.25, 0.3) is 11.1 Å². The fourth-order valence-electron chi connectivity index (χ4n) is 5.39. The molecule has 0 spiro atoms. The number of hydrogen-bond donors (Lipinski definition) is 3. The Hall–Kier alpha value is -3.94. The third-order valence-corrected chi connectivity index (χ3v) is 7.52. The number of carbonyl (C=O) groups excluding carboxylic acids is 2. The summed E-state index contributed by atoms with van der Waals surface area (Å²) in [5.74, 6) is 0.564. The van der Waals surface area contributed by atoms with E-state index in [0.29, 0.717) is 23.2 Å². The van der Waals surface area contributed by atoms with Crippen LogP contribution in [-0.4, -0.2) is 37.8 Å². The van der Waals surface area contributed by atoms with Crippen molar-refractivity contribution in [2.24, 2.45) is 17.8 Å². The molecule has 5 rings (SSSR count). The number of rotatable bonds is 11. The van der Waals surface area contributed by atoms with Crippen molar-refractivity contribution in [2.45, 2.75) is 51.6 Å². The van der Waals surface area contributed by atoms with Crippen LogP contribution in [0.1, 0.15) is 53.6 Å². The van der Waals surface area contributed by atoms with Crippen LogP contribution >= 0.6 is 0 Å². The van der Waals surface area contributed by atoms with Crippen molar-refractivity contribution >= 4 is 17.5 Å². The molecular formula is C29H34N6O2. The van der Waals surface area contributed by atoms with Crippen molar-refractivity contribution in [3.05, 3.63) is 78.9 Å². The van der Waals surface area contributed by atoms with Gasteiger partial charge in [-0.05, 0) is 81.0 Å². The summed E-state index contributed by atoms with van der Waals surface area (Å²) >= 11 is 0. The predicted molar refractivity (Wildman–Crippen MR) is 144 cm³/mol. The van der Waals surface area contributed by atoms with E-state index in [1.165, 1.54) is 0 Å². The number of nitrogens with zero attached hydrogens (tertiary/aromatic N) is 3. The lowest BCUT2D eigenvalue weighted by atomic mass is 9.88. The fourth-order valence-corrected chi connectivity index (χ4v) is 5.39. The molecule has 2 aliphatic rings. The summed E-state index contributed by atoms with van der Waals surface area (Å²) in [7, 11) is 0. The molecule has 2 aliphatic carbocycles. The van der Waals surface area contributed by atoms with Crippen molar-refractivity contribution in [2.75, 3.05) is 5.32 Å². The number of amides is 2. The lowest BCUT2D eigenvalue weighted by molar-refractivity contribution is -0.119. The molecule has 2 fully saturated rings. The Labute approximate surface area is 217 Å². The zero-order chi connectivity index (χ0) is 26.1. The molecule has 0 radical (unpaired) electrons. The standard InChI is InChI=1S/C29H34N6O2/c1-5-23(6-2)35-24(15-16-30-35)28(36)32-27(26(20-7-8-20)21-9-10-21)29(37)31-22-13-11-19(12-14-22)25-17(3)33-34-18(25)4/h5-6,11-16,20-21,23,26-27H,1-2,7-10H2,3-4H3,(H,31,37)(H,32,36)(H,33,34)/t27-/m0/s1. The Morgan fingerprint density at radius 1 is 1.05 bits per heavy atom. The van der Waals surface area contributed by atoms with Gasteiger partial charge in [-0.25, -0.2) is 4.68 Å². The number of nitrogens with one attached hydrogen (secondary N) is 3. The first-order valence-corrected chi connectivity index (χ1v) is 12.9. The van der Waals surface area contributed by atoms with E-state index < -0.39 is 6.04 Å². The Balaban J connectivity index is 1.37. The largest absolute Gasteiger partial charge is 0.339 e. The van der Waals surface area contributed by atoms with E-state index in [0.717, 1.165) is 48.2 Å². The lowest BCUT2D eigenvalue weighted by Crippen LogP contribution is -2.50. The number of anilines is 1. The van der Waals surface area contributed by atoms with Gasteiger partial charge in [0.15, 0.2) is 0 Å². The molecule has 192 valence electrons. The summed E-state index contributed by atoms with van der Waals surface area (Å²) in [6, 6.07) is 8.48. The van der Waals surface area contributed by atoms with Gasteiger partial charge < -0.3 is 10.6 Å². The average molecular weight is 499 g/mol. The number of benzene rings is 1. The summed E-state index contributed by atoms with van der Waals surface area (Å²) in [5.41, 5.74) is 5.11. The molecule has 2 aromatic heterocycles. The van der Waals surface area contributed by atoms with E-state index in [2.05, 4.69) is 39.1 Å². The van der Waals surface area contributed by atoms with Gasteiger partial charge in [-0.2, -0.15) is 10.2 Å². The molecule has 2 saturated carbocycles. The monoisotopic (exact) mass is 498 g/mol. The zero-order valence-electron chi connectivity index (χ0n) is 21.4. The fraction of sp³-hybridized carbons (Fsp3) is 0.379. The second kappa shape index (κ2) is 10.2. The van der Waals surface area contributed by atoms with Gasteiger partial charge in [0.05, 0.1) is 11.7 Å². The van der Waals surface area contributed by atoms with Crippen LogP contribution in [0.15, 0.2) is 61.8 Å². The van der Waals surface area contributed by atoms with Crippen LogP contribution in [0.5, 0.6) is 0 Å². The number of allylic oxidation sites excluding steroid dienone is 2. The Bertz CT molecular complexity index is 1270. The third-order valence-electron chi connectivity index (χ3n) is 7.52. The van der Waals surface area contributed by atoms with Crippen molar-refractivity contribution in [3.8, 4) is 11.1 Å². The number of H-pyrrole nitrogens is 1. The molecule has 3 N–H and O–H groups in total. The van der Waals surface area contributed by atoms with Crippen LogP contribution in [0, 0.1) is 31.6 Å². The highest BCUT2D eigenvalue weighted by molar-refractivity contribution is 6.01. The summed E-state index contributed by atoms with van der Waals surface area (Å²) < 4.78 is 1.58. The smallest absolute Gasteiger partial charge is 0.270 e. The Morgan fingerprint density at radius 2 is 1.70 bits per heavy atom. The highest BCUT2D eigenvalue weighted by Gasteiger charge is 2.48. The number of carbonyl (C=O) groups is 2. The molecule has 1 aromatic carbocycles. The molecule has 37 heavy (non-hydrogen) atoms. The summed E-state index contributed by atoms with van der Waals surface area (Å²) in [4.78, 5) is 27.1. The predicted octanol–water partition coefficient (Wildman–Crippen LogP) is 4.98. The first kappa shape index (κ1) is 24.7. The molecule has 1 atom stereocenters. The molecule has 0 aliphatic heterocycles. The second-order valence-electron chi connectivity index (χ2n) is 10.2. The minimum Gasteiger partial charge on any atom is -0.339 e. The van der Waals surface area contributed by atoms with Gasteiger partial charge in [0.1, 0.15) is 11.7 Å². The van der Waals surface area contributed by atoms with E-state index in [1.807, 2.05) is 38.1 Å². The van der Waals surface area contributed by atoms with Crippen molar-refractivity contribution < 1.29 is 9.59 Å². The van der Waals surface area contributed by atoms with Gasteiger partial charge in [0.25, 0.3) is 5.91 Å². The molecule has 0 unspecified atom stereocenters. The Morgan fingerprint density at radius 3 is 2.24 bits per heavy atom. The van der Waals surface area contributed by atoms with E-state index >= 15 is 0 Å². The topological polar surface area (TPSA) is 105 Å². The van der Waals surface area contributed by atoms with E-state index in [-0.39, 0.29) is 23.8 Å². The Kier molecular flexibility index (Phi) is 6.82. The molecule has 0 bridgehead atoms. The first-order chi connectivity index (χ1) is 17.9. The lowest BCUT2D eigenvalue weighted by Gasteiger charge is -2.28. The maximum Gasteiger partial charge on any atom is 0.270 e. The van der Waals surface area contributed by atoms with Crippen LogP contribution in [-0.2, 0) is 4.79 Å². The van der Waals surface area contributed by atoms with Crippen LogP contribution in [0.3, 0.4) is 0 Å². The maximum atomic E-state index is 13.7. The molecular weight excluding hydrogens is 464 g/mol.